The molecular formula is C12H26N2O2. The number of hydrogen-bond acceptors (Lipinski definition) is 3. The van der Waals surface area contributed by atoms with Crippen LogP contribution in [0, 0.1) is 5.92 Å². The van der Waals surface area contributed by atoms with Crippen molar-refractivity contribution in [1.82, 2.24) is 5.32 Å². The molecule has 4 nitrogen and oxygen atoms in total. The molecule has 0 aromatic carbocycles. The third-order valence-corrected chi connectivity index (χ3v) is 2.49. The molecule has 2 unspecified atom stereocenters. The van der Waals surface area contributed by atoms with Crippen LogP contribution in [0.2, 0.25) is 0 Å². The van der Waals surface area contributed by atoms with Crippen LogP contribution in [0.3, 0.4) is 0 Å². The van der Waals surface area contributed by atoms with Gasteiger partial charge in [-0.15, -0.1) is 0 Å². The first kappa shape index (κ1) is 15.4. The van der Waals surface area contributed by atoms with E-state index in [9.17, 15) is 9.90 Å². The van der Waals surface area contributed by atoms with E-state index >= 15 is 0 Å². The van der Waals surface area contributed by atoms with Gasteiger partial charge in [0.2, 0.25) is 5.91 Å². The Morgan fingerprint density at radius 3 is 2.50 bits per heavy atom. The number of carbonyl (C=O) groups is 1. The Hall–Kier alpha value is -0.610. The Bertz CT molecular complexity index is 215. The van der Waals surface area contributed by atoms with Crippen LogP contribution in [0.5, 0.6) is 0 Å². The van der Waals surface area contributed by atoms with Gasteiger partial charge in [-0.1, -0.05) is 27.2 Å². The summed E-state index contributed by atoms with van der Waals surface area (Å²) >= 11 is 0. The average Bonchev–Trinajstić information content (AvgIpc) is 2.13. The third-order valence-electron chi connectivity index (χ3n) is 2.49. The quantitative estimate of drug-likeness (QED) is 0.611. The average molecular weight is 230 g/mol. The lowest BCUT2D eigenvalue weighted by Crippen LogP contribution is -2.47. The summed E-state index contributed by atoms with van der Waals surface area (Å²) in [5.41, 5.74) is 4.90. The van der Waals surface area contributed by atoms with Gasteiger partial charge in [-0.25, -0.2) is 0 Å². The van der Waals surface area contributed by atoms with Gasteiger partial charge in [-0.2, -0.15) is 0 Å². The zero-order valence-corrected chi connectivity index (χ0v) is 10.9. The Balaban J connectivity index is 3.97. The van der Waals surface area contributed by atoms with Crippen molar-refractivity contribution in [3.63, 3.8) is 0 Å². The number of rotatable bonds is 7. The minimum atomic E-state index is -0.831. The van der Waals surface area contributed by atoms with E-state index in [0.29, 0.717) is 18.8 Å². The molecule has 0 fully saturated rings. The van der Waals surface area contributed by atoms with Crippen LogP contribution in [-0.4, -0.2) is 29.2 Å². The number of nitrogens with one attached hydrogen (secondary N) is 1. The van der Waals surface area contributed by atoms with Gasteiger partial charge in [-0.3, -0.25) is 4.79 Å². The maximum absolute atomic E-state index is 11.6. The van der Waals surface area contributed by atoms with E-state index in [1.807, 2.05) is 20.8 Å². The van der Waals surface area contributed by atoms with Gasteiger partial charge in [0, 0.05) is 6.54 Å². The Morgan fingerprint density at radius 2 is 2.06 bits per heavy atom. The predicted molar refractivity (Wildman–Crippen MR) is 66.0 cm³/mol. The summed E-state index contributed by atoms with van der Waals surface area (Å²) in [7, 11) is 0. The standard InChI is InChI=1S/C12H26N2O2/c1-5-6-12(4,16)8-14-11(15)10(13)7-9(2)3/h9-10,16H,5-8,13H2,1-4H3,(H,14,15). The van der Waals surface area contributed by atoms with E-state index in [4.69, 9.17) is 5.73 Å². The van der Waals surface area contributed by atoms with Crippen molar-refractivity contribution in [2.75, 3.05) is 6.54 Å². The van der Waals surface area contributed by atoms with Crippen molar-refractivity contribution < 1.29 is 9.90 Å². The monoisotopic (exact) mass is 230 g/mol. The second kappa shape index (κ2) is 6.86. The van der Waals surface area contributed by atoms with Crippen molar-refractivity contribution in [1.29, 1.82) is 0 Å². The molecule has 0 saturated carbocycles. The van der Waals surface area contributed by atoms with Crippen molar-refractivity contribution in [3.8, 4) is 0 Å². The van der Waals surface area contributed by atoms with Crippen LogP contribution >= 0.6 is 0 Å². The number of carbonyl (C=O) groups excluding carboxylic acids is 1. The minimum Gasteiger partial charge on any atom is -0.388 e. The summed E-state index contributed by atoms with van der Waals surface area (Å²) in [6, 6.07) is -0.475. The van der Waals surface area contributed by atoms with Crippen LogP contribution in [-0.2, 0) is 4.79 Å². The first-order valence-corrected chi connectivity index (χ1v) is 6.04. The highest BCUT2D eigenvalue weighted by atomic mass is 16.3. The van der Waals surface area contributed by atoms with Gasteiger partial charge in [-0.05, 0) is 25.7 Å². The molecule has 0 bridgehead atoms. The molecule has 4 N–H and O–H groups in total. The molecule has 0 aliphatic rings. The minimum absolute atomic E-state index is 0.176. The lowest BCUT2D eigenvalue weighted by atomic mass is 10.00. The Kier molecular flexibility index (Phi) is 6.60. The van der Waals surface area contributed by atoms with Gasteiger partial charge in [0.15, 0.2) is 0 Å². The van der Waals surface area contributed by atoms with Crippen molar-refractivity contribution in [2.24, 2.45) is 11.7 Å². The predicted octanol–water partition coefficient (Wildman–Crippen LogP) is 1.03. The maximum atomic E-state index is 11.6. The smallest absolute Gasteiger partial charge is 0.237 e. The summed E-state index contributed by atoms with van der Waals surface area (Å²) in [4.78, 5) is 11.6. The van der Waals surface area contributed by atoms with Crippen LogP contribution in [0.25, 0.3) is 0 Å². The normalized spacial score (nSPS) is 16.9. The molecule has 96 valence electrons. The lowest BCUT2D eigenvalue weighted by Gasteiger charge is -2.24. The second-order valence-corrected chi connectivity index (χ2v) is 5.20. The molecular weight excluding hydrogens is 204 g/mol. The number of amides is 1. The molecule has 0 aliphatic carbocycles. The van der Waals surface area contributed by atoms with Gasteiger partial charge < -0.3 is 16.2 Å². The van der Waals surface area contributed by atoms with Crippen molar-refractivity contribution >= 4 is 5.91 Å². The number of nitrogens with two attached hydrogens (primary N) is 1. The first-order valence-electron chi connectivity index (χ1n) is 6.04. The summed E-state index contributed by atoms with van der Waals surface area (Å²) in [6.45, 7) is 8.05. The third kappa shape index (κ3) is 6.80. The molecule has 0 aromatic heterocycles. The zero-order valence-electron chi connectivity index (χ0n) is 10.9. The van der Waals surface area contributed by atoms with Gasteiger partial charge in [0.25, 0.3) is 0 Å². The Labute approximate surface area is 98.6 Å². The zero-order chi connectivity index (χ0) is 12.8. The van der Waals surface area contributed by atoms with Crippen LogP contribution in [0.4, 0.5) is 0 Å². The number of hydrogen-bond donors (Lipinski definition) is 3. The molecule has 1 amide bonds. The van der Waals surface area contributed by atoms with Crippen LogP contribution in [0.1, 0.15) is 47.0 Å². The molecule has 0 heterocycles. The fraction of sp³-hybridized carbons (Fsp3) is 0.917. The summed E-state index contributed by atoms with van der Waals surface area (Å²) in [5.74, 6) is 0.224. The summed E-state index contributed by atoms with van der Waals surface area (Å²) in [6.07, 6.45) is 2.23. The largest absolute Gasteiger partial charge is 0.388 e. The van der Waals surface area contributed by atoms with Gasteiger partial charge in [0.1, 0.15) is 0 Å². The lowest BCUT2D eigenvalue weighted by molar-refractivity contribution is -0.123. The first-order chi connectivity index (χ1) is 7.28. The van der Waals surface area contributed by atoms with E-state index in [1.165, 1.54) is 0 Å². The topological polar surface area (TPSA) is 75.3 Å². The van der Waals surface area contributed by atoms with Crippen LogP contribution < -0.4 is 11.1 Å². The van der Waals surface area contributed by atoms with Crippen molar-refractivity contribution in [3.05, 3.63) is 0 Å². The van der Waals surface area contributed by atoms with E-state index < -0.39 is 11.6 Å². The highest BCUT2D eigenvalue weighted by molar-refractivity contribution is 5.81. The summed E-state index contributed by atoms with van der Waals surface area (Å²) in [5, 5.41) is 12.6. The maximum Gasteiger partial charge on any atom is 0.237 e. The van der Waals surface area contributed by atoms with Crippen molar-refractivity contribution in [2.45, 2.75) is 58.6 Å². The molecule has 0 spiro atoms. The SMILES string of the molecule is CCCC(C)(O)CNC(=O)C(N)CC(C)C. The molecule has 2 atom stereocenters. The van der Waals surface area contributed by atoms with Gasteiger partial charge >= 0.3 is 0 Å². The van der Waals surface area contributed by atoms with E-state index in [0.717, 1.165) is 6.42 Å². The molecule has 0 saturated heterocycles. The van der Waals surface area contributed by atoms with E-state index in [1.54, 1.807) is 6.92 Å². The highest BCUT2D eigenvalue weighted by Crippen LogP contribution is 2.10. The van der Waals surface area contributed by atoms with E-state index in [2.05, 4.69) is 5.32 Å². The summed E-state index contributed by atoms with van der Waals surface area (Å²) < 4.78 is 0. The fourth-order valence-corrected chi connectivity index (χ4v) is 1.65. The van der Waals surface area contributed by atoms with Crippen LogP contribution in [0.15, 0.2) is 0 Å². The Morgan fingerprint density at radius 1 is 1.50 bits per heavy atom. The molecule has 0 aromatic rings. The molecule has 0 radical (unpaired) electrons. The van der Waals surface area contributed by atoms with Gasteiger partial charge in [0.05, 0.1) is 11.6 Å². The molecule has 0 rings (SSSR count). The molecule has 16 heavy (non-hydrogen) atoms. The second-order valence-electron chi connectivity index (χ2n) is 5.20. The highest BCUT2D eigenvalue weighted by Gasteiger charge is 2.22. The fourth-order valence-electron chi connectivity index (χ4n) is 1.65. The molecule has 4 heteroatoms. The molecule has 0 aliphatic heterocycles. The number of aliphatic hydroxyl groups is 1. The van der Waals surface area contributed by atoms with E-state index in [-0.39, 0.29) is 12.5 Å².